The molecule has 3 N–H and O–H groups in total. The molecule has 0 atom stereocenters. The Morgan fingerprint density at radius 1 is 0.793 bits per heavy atom. The Morgan fingerprint density at radius 3 is 2.31 bits per heavy atom. The number of anilines is 4. The first kappa shape index (κ1) is 19.0. The Balaban J connectivity index is 1.39. The summed E-state index contributed by atoms with van der Waals surface area (Å²) in [6, 6.07) is 20.2. The average Bonchev–Trinajstić information content (AvgIpc) is 3.41. The molecule has 1 fully saturated rings. The van der Waals surface area contributed by atoms with E-state index in [0.29, 0.717) is 15.6 Å². The van der Waals surface area contributed by atoms with Crippen molar-refractivity contribution in [1.29, 1.82) is 0 Å². The van der Waals surface area contributed by atoms with Crippen LogP contribution in [0.25, 0.3) is 0 Å². The van der Waals surface area contributed by atoms with Gasteiger partial charge in [-0.1, -0.05) is 30.3 Å². The van der Waals surface area contributed by atoms with Crippen molar-refractivity contribution in [2.75, 3.05) is 33.9 Å². The maximum atomic E-state index is 12.7. The summed E-state index contributed by atoms with van der Waals surface area (Å²) in [6.45, 7) is 2.02. The number of para-hydroxylation sites is 3. The van der Waals surface area contributed by atoms with Gasteiger partial charge in [0.2, 0.25) is 0 Å². The first-order chi connectivity index (χ1) is 14.2. The molecule has 0 saturated carbocycles. The minimum absolute atomic E-state index is 0.182. The number of urea groups is 1. The molecule has 1 saturated heterocycles. The third kappa shape index (κ3) is 4.75. The SMILES string of the molecule is O=C(Nc1ccccc1)Nc1ccc(C(=O)Nc2ccccc2N2CCCC2)s1. The zero-order valence-corrected chi connectivity index (χ0v) is 16.7. The van der Waals surface area contributed by atoms with E-state index in [1.165, 1.54) is 24.2 Å². The van der Waals surface area contributed by atoms with Gasteiger partial charge in [0.25, 0.3) is 5.91 Å². The van der Waals surface area contributed by atoms with E-state index in [9.17, 15) is 9.59 Å². The van der Waals surface area contributed by atoms with Crippen LogP contribution in [0.5, 0.6) is 0 Å². The monoisotopic (exact) mass is 406 g/mol. The van der Waals surface area contributed by atoms with Gasteiger partial charge in [-0.3, -0.25) is 10.1 Å². The molecule has 29 heavy (non-hydrogen) atoms. The maximum absolute atomic E-state index is 12.7. The van der Waals surface area contributed by atoms with Gasteiger partial charge in [0.1, 0.15) is 0 Å². The number of rotatable bonds is 5. The standard InChI is InChI=1S/C22H22N4O2S/c27-21(24-17-10-4-5-11-18(17)26-14-6-7-15-26)19-12-13-20(29-19)25-22(28)23-16-8-2-1-3-9-16/h1-5,8-13H,6-7,14-15H2,(H,24,27)(H2,23,25,28). The van der Waals surface area contributed by atoms with Crippen molar-refractivity contribution in [3.63, 3.8) is 0 Å². The van der Waals surface area contributed by atoms with Crippen molar-refractivity contribution >= 4 is 45.3 Å². The van der Waals surface area contributed by atoms with E-state index in [2.05, 4.69) is 20.9 Å². The van der Waals surface area contributed by atoms with Crippen LogP contribution in [0.1, 0.15) is 22.5 Å². The highest BCUT2D eigenvalue weighted by atomic mass is 32.1. The number of hydrogen-bond acceptors (Lipinski definition) is 4. The molecule has 1 aliphatic heterocycles. The molecule has 1 aliphatic rings. The average molecular weight is 407 g/mol. The third-order valence-electron chi connectivity index (χ3n) is 4.70. The Labute approximate surface area is 173 Å². The number of carbonyl (C=O) groups excluding carboxylic acids is 2. The molecule has 6 nitrogen and oxygen atoms in total. The summed E-state index contributed by atoms with van der Waals surface area (Å²) in [5.74, 6) is -0.182. The predicted octanol–water partition coefficient (Wildman–Crippen LogP) is 5.24. The second-order valence-corrected chi connectivity index (χ2v) is 7.86. The largest absolute Gasteiger partial charge is 0.370 e. The molecule has 0 radical (unpaired) electrons. The Hall–Kier alpha value is -3.32. The summed E-state index contributed by atoms with van der Waals surface area (Å²) in [5.41, 5.74) is 2.57. The number of carbonyl (C=O) groups is 2. The summed E-state index contributed by atoms with van der Waals surface area (Å²) in [6.07, 6.45) is 2.35. The Bertz CT molecular complexity index is 997. The second-order valence-electron chi connectivity index (χ2n) is 6.77. The molecule has 4 rings (SSSR count). The number of nitrogens with zero attached hydrogens (tertiary/aromatic N) is 1. The first-order valence-corrected chi connectivity index (χ1v) is 10.4. The second kappa shape index (κ2) is 8.79. The van der Waals surface area contributed by atoms with Crippen LogP contribution >= 0.6 is 11.3 Å². The molecule has 2 aromatic carbocycles. The molecule has 1 aromatic heterocycles. The van der Waals surface area contributed by atoms with Crippen LogP contribution in [-0.4, -0.2) is 25.0 Å². The lowest BCUT2D eigenvalue weighted by Gasteiger charge is -2.21. The number of thiophene rings is 1. The quantitative estimate of drug-likeness (QED) is 0.542. The molecular weight excluding hydrogens is 384 g/mol. The summed E-state index contributed by atoms with van der Waals surface area (Å²) in [5, 5.41) is 9.14. The van der Waals surface area contributed by atoms with Crippen molar-refractivity contribution in [3.05, 3.63) is 71.6 Å². The van der Waals surface area contributed by atoms with E-state index >= 15 is 0 Å². The van der Waals surface area contributed by atoms with Gasteiger partial charge >= 0.3 is 6.03 Å². The Kier molecular flexibility index (Phi) is 5.76. The van der Waals surface area contributed by atoms with Gasteiger partial charge in [-0.2, -0.15) is 0 Å². The lowest BCUT2D eigenvalue weighted by molar-refractivity contribution is 0.103. The minimum Gasteiger partial charge on any atom is -0.370 e. The van der Waals surface area contributed by atoms with Crippen LogP contribution in [0.3, 0.4) is 0 Å². The predicted molar refractivity (Wildman–Crippen MR) is 119 cm³/mol. The molecule has 2 heterocycles. The van der Waals surface area contributed by atoms with Crippen molar-refractivity contribution < 1.29 is 9.59 Å². The minimum atomic E-state index is -0.343. The summed E-state index contributed by atoms with van der Waals surface area (Å²) in [7, 11) is 0. The molecule has 3 amide bonds. The molecule has 7 heteroatoms. The zero-order valence-electron chi connectivity index (χ0n) is 15.9. The lowest BCUT2D eigenvalue weighted by Crippen LogP contribution is -2.20. The highest BCUT2D eigenvalue weighted by Gasteiger charge is 2.18. The molecule has 0 bridgehead atoms. The van der Waals surface area contributed by atoms with E-state index in [4.69, 9.17) is 0 Å². The van der Waals surface area contributed by atoms with Gasteiger partial charge in [-0.25, -0.2) is 4.79 Å². The van der Waals surface area contributed by atoms with E-state index in [0.717, 1.165) is 24.5 Å². The van der Waals surface area contributed by atoms with Crippen molar-refractivity contribution in [2.24, 2.45) is 0 Å². The number of benzene rings is 2. The maximum Gasteiger partial charge on any atom is 0.324 e. The van der Waals surface area contributed by atoms with Gasteiger partial charge < -0.3 is 15.5 Å². The van der Waals surface area contributed by atoms with Gasteiger partial charge in [0.15, 0.2) is 0 Å². The molecule has 0 aliphatic carbocycles. The van der Waals surface area contributed by atoms with Crippen molar-refractivity contribution in [2.45, 2.75) is 12.8 Å². The van der Waals surface area contributed by atoms with Gasteiger partial charge in [0, 0.05) is 18.8 Å². The zero-order chi connectivity index (χ0) is 20.1. The van der Waals surface area contributed by atoms with Crippen molar-refractivity contribution in [3.8, 4) is 0 Å². The summed E-state index contributed by atoms with van der Waals surface area (Å²) < 4.78 is 0. The lowest BCUT2D eigenvalue weighted by atomic mass is 10.2. The smallest absolute Gasteiger partial charge is 0.324 e. The number of hydrogen-bond donors (Lipinski definition) is 3. The fraction of sp³-hybridized carbons (Fsp3) is 0.182. The normalized spacial score (nSPS) is 13.2. The topological polar surface area (TPSA) is 73.5 Å². The fourth-order valence-electron chi connectivity index (χ4n) is 3.32. The van der Waals surface area contributed by atoms with Crippen molar-refractivity contribution in [1.82, 2.24) is 0 Å². The number of amides is 3. The van der Waals surface area contributed by atoms with E-state index in [1.807, 2.05) is 54.6 Å². The molecule has 148 valence electrons. The van der Waals surface area contributed by atoms with Gasteiger partial charge in [-0.05, 0) is 49.2 Å². The van der Waals surface area contributed by atoms with E-state index < -0.39 is 0 Å². The summed E-state index contributed by atoms with van der Waals surface area (Å²) >= 11 is 1.24. The highest BCUT2D eigenvalue weighted by Crippen LogP contribution is 2.30. The van der Waals surface area contributed by atoms with Crippen LogP contribution in [0, 0.1) is 0 Å². The molecular formula is C22H22N4O2S. The molecule has 0 unspecified atom stereocenters. The fourth-order valence-corrected chi connectivity index (χ4v) is 4.12. The van der Waals surface area contributed by atoms with Gasteiger partial charge in [0.05, 0.1) is 21.3 Å². The number of nitrogens with one attached hydrogen (secondary N) is 3. The first-order valence-electron chi connectivity index (χ1n) is 9.57. The third-order valence-corrected chi connectivity index (χ3v) is 5.70. The summed E-state index contributed by atoms with van der Waals surface area (Å²) in [4.78, 5) is 27.7. The Morgan fingerprint density at radius 2 is 1.52 bits per heavy atom. The van der Waals surface area contributed by atoms with Crippen LogP contribution in [0.2, 0.25) is 0 Å². The molecule has 0 spiro atoms. The van der Waals surface area contributed by atoms with Crippen LogP contribution in [-0.2, 0) is 0 Å². The highest BCUT2D eigenvalue weighted by molar-refractivity contribution is 7.18. The van der Waals surface area contributed by atoms with Crippen LogP contribution in [0.15, 0.2) is 66.7 Å². The van der Waals surface area contributed by atoms with Gasteiger partial charge in [-0.15, -0.1) is 11.3 Å². The van der Waals surface area contributed by atoms with Crippen LogP contribution < -0.4 is 20.9 Å². The van der Waals surface area contributed by atoms with Crippen LogP contribution in [0.4, 0.5) is 26.9 Å². The van der Waals surface area contributed by atoms with E-state index in [1.54, 1.807) is 12.1 Å². The van der Waals surface area contributed by atoms with E-state index in [-0.39, 0.29) is 11.9 Å². The molecule has 3 aromatic rings.